The van der Waals surface area contributed by atoms with Gasteiger partial charge in [-0.25, -0.2) is 9.78 Å². The Morgan fingerprint density at radius 1 is 1.16 bits per heavy atom. The number of esters is 1. The van der Waals surface area contributed by atoms with Crippen LogP contribution in [0.2, 0.25) is 0 Å². The van der Waals surface area contributed by atoms with Crippen LogP contribution in [-0.2, 0) is 20.9 Å². The molecular formula is C28H25ClN4O5. The average Bonchev–Trinajstić information content (AvgIpc) is 3.40. The number of nitro benzene ring substituents is 1. The number of halogens is 1. The van der Waals surface area contributed by atoms with E-state index in [1.54, 1.807) is 38.5 Å². The molecule has 0 bridgehead atoms. The predicted octanol–water partition coefficient (Wildman–Crippen LogP) is 5.10. The number of allylic oxidation sites excluding steroid dienone is 3. The molecule has 1 N–H and O–H groups in total. The lowest BCUT2D eigenvalue weighted by atomic mass is 9.81. The Morgan fingerprint density at radius 2 is 1.89 bits per heavy atom. The van der Waals surface area contributed by atoms with Crippen molar-refractivity contribution in [2.45, 2.75) is 26.3 Å². The molecular weight excluding hydrogens is 508 g/mol. The minimum atomic E-state index is -0.916. The highest BCUT2D eigenvalue weighted by Crippen LogP contribution is 2.40. The number of nitrogens with zero attached hydrogens (tertiary/aromatic N) is 3. The van der Waals surface area contributed by atoms with E-state index in [2.05, 4.69) is 10.3 Å². The number of dihydropyridines is 1. The molecule has 38 heavy (non-hydrogen) atoms. The van der Waals surface area contributed by atoms with Gasteiger partial charge in [-0.2, -0.15) is 0 Å². The Kier molecular flexibility index (Phi) is 8.18. The maximum atomic E-state index is 13.2. The van der Waals surface area contributed by atoms with E-state index in [1.807, 2.05) is 41.1 Å². The first-order valence-corrected chi connectivity index (χ1v) is 12.1. The SMILES string of the molecule is CC1=C(C(=O)Cl)C(c2cccc([N+](=O)[O-])c2)C(C(=O)OC/C=C/c2ccc(Cn3ccnc3)cc2)=C(C)N1. The number of nitrogens with one attached hydrogen (secondary N) is 1. The van der Waals surface area contributed by atoms with Crippen molar-refractivity contribution < 1.29 is 19.2 Å². The summed E-state index contributed by atoms with van der Waals surface area (Å²) >= 11 is 5.90. The topological polar surface area (TPSA) is 116 Å². The highest BCUT2D eigenvalue weighted by molar-refractivity contribution is 6.68. The van der Waals surface area contributed by atoms with E-state index in [4.69, 9.17) is 16.3 Å². The first kappa shape index (κ1) is 26.6. The molecule has 2 aromatic carbocycles. The van der Waals surface area contributed by atoms with Crippen LogP contribution in [0.25, 0.3) is 6.08 Å². The van der Waals surface area contributed by atoms with Crippen LogP contribution in [0, 0.1) is 10.1 Å². The molecule has 1 aromatic heterocycles. The lowest BCUT2D eigenvalue weighted by molar-refractivity contribution is -0.384. The molecule has 1 unspecified atom stereocenters. The minimum Gasteiger partial charge on any atom is -0.458 e. The van der Waals surface area contributed by atoms with Crippen molar-refractivity contribution in [2.75, 3.05) is 6.61 Å². The molecule has 194 valence electrons. The minimum absolute atomic E-state index is 0.0130. The van der Waals surface area contributed by atoms with Crippen molar-refractivity contribution in [3.8, 4) is 0 Å². The van der Waals surface area contributed by atoms with Crippen LogP contribution in [0.5, 0.6) is 0 Å². The van der Waals surface area contributed by atoms with Crippen LogP contribution in [0.15, 0.2) is 95.9 Å². The van der Waals surface area contributed by atoms with Crippen LogP contribution >= 0.6 is 11.6 Å². The summed E-state index contributed by atoms with van der Waals surface area (Å²) in [6.07, 6.45) is 8.94. The fourth-order valence-corrected chi connectivity index (χ4v) is 4.64. The molecule has 0 amide bonds. The molecule has 2 heterocycles. The van der Waals surface area contributed by atoms with E-state index in [1.165, 1.54) is 18.2 Å². The van der Waals surface area contributed by atoms with Crippen molar-refractivity contribution in [3.05, 3.63) is 123 Å². The standard InChI is InChI=1S/C28H25ClN4O5/c1-18-24(27(29)34)26(22-6-3-7-23(15-22)33(36)37)25(19(2)31-18)28(35)38-14-4-5-20-8-10-21(11-9-20)16-32-13-12-30-17-32/h3-13,15,17,26,31H,14,16H2,1-2H3/b5-4+. The molecule has 0 saturated heterocycles. The normalized spacial score (nSPS) is 15.5. The Hall–Kier alpha value is -4.50. The van der Waals surface area contributed by atoms with Gasteiger partial charge in [-0.3, -0.25) is 14.9 Å². The molecule has 0 radical (unpaired) electrons. The number of non-ortho nitro benzene ring substituents is 1. The number of benzene rings is 2. The van der Waals surface area contributed by atoms with Crippen molar-refractivity contribution in [1.82, 2.24) is 14.9 Å². The molecule has 3 aromatic rings. The third-order valence-electron chi connectivity index (χ3n) is 6.13. The second-order valence-electron chi connectivity index (χ2n) is 8.74. The summed E-state index contributed by atoms with van der Waals surface area (Å²) in [6.45, 7) is 4.05. The molecule has 0 fully saturated rings. The van der Waals surface area contributed by atoms with Crippen LogP contribution in [0.3, 0.4) is 0 Å². The van der Waals surface area contributed by atoms with E-state index in [0.29, 0.717) is 17.0 Å². The van der Waals surface area contributed by atoms with Gasteiger partial charge in [0, 0.05) is 54.0 Å². The fraction of sp³-hybridized carbons (Fsp3) is 0.179. The van der Waals surface area contributed by atoms with Gasteiger partial charge in [0.2, 0.25) is 0 Å². The molecule has 1 aliphatic rings. The number of nitro groups is 1. The molecule has 0 saturated carbocycles. The summed E-state index contributed by atoms with van der Waals surface area (Å²) < 4.78 is 7.49. The van der Waals surface area contributed by atoms with E-state index in [0.717, 1.165) is 17.7 Å². The predicted molar refractivity (Wildman–Crippen MR) is 143 cm³/mol. The summed E-state index contributed by atoms with van der Waals surface area (Å²) in [7, 11) is 0. The molecule has 10 heteroatoms. The van der Waals surface area contributed by atoms with E-state index in [9.17, 15) is 19.7 Å². The Labute approximate surface area is 224 Å². The lowest BCUT2D eigenvalue weighted by Crippen LogP contribution is -2.31. The molecule has 0 aliphatic carbocycles. The molecule has 1 aliphatic heterocycles. The van der Waals surface area contributed by atoms with Crippen LogP contribution in [0.1, 0.15) is 36.5 Å². The first-order chi connectivity index (χ1) is 18.2. The number of hydrogen-bond donors (Lipinski definition) is 1. The average molecular weight is 533 g/mol. The van der Waals surface area contributed by atoms with Gasteiger partial charge in [-0.15, -0.1) is 0 Å². The summed E-state index contributed by atoms with van der Waals surface area (Å²) in [5.41, 5.74) is 3.53. The Balaban J connectivity index is 1.49. The molecule has 1 atom stereocenters. The number of aromatic nitrogens is 2. The van der Waals surface area contributed by atoms with Gasteiger partial charge in [0.25, 0.3) is 10.9 Å². The number of rotatable bonds is 9. The molecule has 0 spiro atoms. The van der Waals surface area contributed by atoms with Crippen molar-refractivity contribution in [1.29, 1.82) is 0 Å². The zero-order valence-electron chi connectivity index (χ0n) is 20.8. The maximum Gasteiger partial charge on any atom is 0.337 e. The number of carbonyl (C=O) groups is 2. The first-order valence-electron chi connectivity index (χ1n) is 11.8. The van der Waals surface area contributed by atoms with E-state index in [-0.39, 0.29) is 23.4 Å². The third-order valence-corrected chi connectivity index (χ3v) is 6.34. The Morgan fingerprint density at radius 3 is 2.55 bits per heavy atom. The van der Waals surface area contributed by atoms with Gasteiger partial charge < -0.3 is 14.6 Å². The monoisotopic (exact) mass is 532 g/mol. The van der Waals surface area contributed by atoms with E-state index >= 15 is 0 Å². The molecule has 9 nitrogen and oxygen atoms in total. The Bertz CT molecular complexity index is 1460. The van der Waals surface area contributed by atoms with Crippen LogP contribution in [-0.4, -0.2) is 32.3 Å². The third kappa shape index (κ3) is 6.07. The van der Waals surface area contributed by atoms with E-state index < -0.39 is 22.1 Å². The second kappa shape index (κ2) is 11.7. The quantitative estimate of drug-likeness (QED) is 0.176. The zero-order valence-corrected chi connectivity index (χ0v) is 21.5. The second-order valence-corrected chi connectivity index (χ2v) is 9.08. The van der Waals surface area contributed by atoms with Gasteiger partial charge in [0.1, 0.15) is 6.61 Å². The van der Waals surface area contributed by atoms with Crippen molar-refractivity contribution in [3.63, 3.8) is 0 Å². The van der Waals surface area contributed by atoms with Crippen molar-refractivity contribution >= 4 is 34.6 Å². The van der Waals surface area contributed by atoms with Crippen LogP contribution in [0.4, 0.5) is 5.69 Å². The van der Waals surface area contributed by atoms with Gasteiger partial charge in [0.15, 0.2) is 0 Å². The van der Waals surface area contributed by atoms with Gasteiger partial charge >= 0.3 is 5.97 Å². The summed E-state index contributed by atoms with van der Waals surface area (Å²) in [5, 5.41) is 13.6. The zero-order chi connectivity index (χ0) is 27.2. The highest BCUT2D eigenvalue weighted by atomic mass is 35.5. The van der Waals surface area contributed by atoms with Crippen LogP contribution < -0.4 is 5.32 Å². The highest BCUT2D eigenvalue weighted by Gasteiger charge is 2.37. The summed E-state index contributed by atoms with van der Waals surface area (Å²) in [4.78, 5) is 40.4. The van der Waals surface area contributed by atoms with Gasteiger partial charge in [-0.1, -0.05) is 42.5 Å². The summed E-state index contributed by atoms with van der Waals surface area (Å²) in [6, 6.07) is 13.7. The number of ether oxygens (including phenoxy) is 1. The number of imidazole rings is 1. The summed E-state index contributed by atoms with van der Waals surface area (Å²) in [5.74, 6) is -1.57. The van der Waals surface area contributed by atoms with Gasteiger partial charge in [0.05, 0.1) is 16.8 Å². The van der Waals surface area contributed by atoms with Gasteiger partial charge in [-0.05, 0) is 48.2 Å². The maximum absolute atomic E-state index is 13.2. The fourth-order valence-electron chi connectivity index (χ4n) is 4.39. The molecule has 4 rings (SSSR count). The number of carbonyl (C=O) groups excluding carboxylic acids is 2. The lowest BCUT2D eigenvalue weighted by Gasteiger charge is -2.29. The smallest absolute Gasteiger partial charge is 0.337 e. The van der Waals surface area contributed by atoms with Crippen molar-refractivity contribution in [2.24, 2.45) is 0 Å². The number of hydrogen-bond acceptors (Lipinski definition) is 7. The largest absolute Gasteiger partial charge is 0.458 e.